The molecule has 0 radical (unpaired) electrons. The van der Waals surface area contributed by atoms with Gasteiger partial charge >= 0.3 is 0 Å². The summed E-state index contributed by atoms with van der Waals surface area (Å²) < 4.78 is 1.86. The lowest BCUT2D eigenvalue weighted by Gasteiger charge is -2.37. The Morgan fingerprint density at radius 1 is 1.67 bits per heavy atom. The zero-order valence-corrected chi connectivity index (χ0v) is 9.40. The van der Waals surface area contributed by atoms with Gasteiger partial charge in [-0.2, -0.15) is 5.10 Å². The molecule has 1 atom stereocenters. The molecule has 1 aliphatic carbocycles. The van der Waals surface area contributed by atoms with Gasteiger partial charge in [0.15, 0.2) is 0 Å². The number of rotatable bonds is 4. The minimum atomic E-state index is -0.452. The summed E-state index contributed by atoms with van der Waals surface area (Å²) in [6.07, 6.45) is 4.81. The third-order valence-electron chi connectivity index (χ3n) is 3.32. The predicted octanol–water partition coefficient (Wildman–Crippen LogP) is 0.986. The Morgan fingerprint density at radius 3 is 2.87 bits per heavy atom. The van der Waals surface area contributed by atoms with Gasteiger partial charge in [-0.05, 0) is 32.3 Å². The van der Waals surface area contributed by atoms with Crippen LogP contribution in [0.15, 0.2) is 12.3 Å². The molecule has 1 heterocycles. The molecule has 15 heavy (non-hydrogen) atoms. The van der Waals surface area contributed by atoms with E-state index in [1.807, 2.05) is 17.8 Å². The number of nitrogens with zero attached hydrogens (tertiary/aromatic N) is 2. The first-order valence-electron chi connectivity index (χ1n) is 5.54. The van der Waals surface area contributed by atoms with Gasteiger partial charge in [0.05, 0.1) is 11.3 Å². The molecule has 0 bridgehead atoms. The fourth-order valence-corrected chi connectivity index (χ4v) is 2.02. The first kappa shape index (κ1) is 10.6. The Labute approximate surface area is 90.3 Å². The van der Waals surface area contributed by atoms with Crippen molar-refractivity contribution in [3.63, 3.8) is 0 Å². The summed E-state index contributed by atoms with van der Waals surface area (Å²) in [5.41, 5.74) is 0.699. The maximum atomic E-state index is 9.94. The molecule has 2 N–H and O–H groups in total. The van der Waals surface area contributed by atoms with Gasteiger partial charge in [0.1, 0.15) is 0 Å². The molecule has 0 aromatic carbocycles. The minimum absolute atomic E-state index is 0.238. The highest BCUT2D eigenvalue weighted by atomic mass is 16.3. The standard InChI is InChI=1S/C11H19N3O/c1-9(10-4-7-13-14(10)2)12-8-11(15)5-3-6-11/h4,7,9,12,15H,3,5-6,8H2,1-2H3. The van der Waals surface area contributed by atoms with E-state index < -0.39 is 5.60 Å². The normalized spacial score (nSPS) is 21.0. The van der Waals surface area contributed by atoms with E-state index in [-0.39, 0.29) is 6.04 Å². The molecule has 1 fully saturated rings. The van der Waals surface area contributed by atoms with Crippen LogP contribution in [0.4, 0.5) is 0 Å². The van der Waals surface area contributed by atoms with E-state index >= 15 is 0 Å². The zero-order valence-electron chi connectivity index (χ0n) is 9.40. The topological polar surface area (TPSA) is 50.1 Å². The molecule has 1 saturated carbocycles. The highest BCUT2D eigenvalue weighted by molar-refractivity contribution is 5.05. The van der Waals surface area contributed by atoms with E-state index in [1.54, 1.807) is 6.20 Å². The molecular formula is C11H19N3O. The van der Waals surface area contributed by atoms with Crippen LogP contribution in [-0.2, 0) is 7.05 Å². The molecule has 0 aliphatic heterocycles. The second-order valence-electron chi connectivity index (χ2n) is 4.56. The first-order valence-corrected chi connectivity index (χ1v) is 5.54. The van der Waals surface area contributed by atoms with Gasteiger partial charge in [0.2, 0.25) is 0 Å². The lowest BCUT2D eigenvalue weighted by Crippen LogP contribution is -2.46. The predicted molar refractivity (Wildman–Crippen MR) is 58.4 cm³/mol. The number of hydrogen-bond acceptors (Lipinski definition) is 3. The third kappa shape index (κ3) is 2.21. The fraction of sp³-hybridized carbons (Fsp3) is 0.727. The van der Waals surface area contributed by atoms with Crippen LogP contribution >= 0.6 is 0 Å². The van der Waals surface area contributed by atoms with E-state index in [0.717, 1.165) is 25.0 Å². The number of aryl methyl sites for hydroxylation is 1. The van der Waals surface area contributed by atoms with Gasteiger partial charge in [-0.25, -0.2) is 0 Å². The van der Waals surface area contributed by atoms with Crippen LogP contribution in [0.25, 0.3) is 0 Å². The number of nitrogens with one attached hydrogen (secondary N) is 1. The first-order chi connectivity index (χ1) is 7.11. The summed E-state index contributed by atoms with van der Waals surface area (Å²) in [4.78, 5) is 0. The van der Waals surface area contributed by atoms with Crippen molar-refractivity contribution in [3.05, 3.63) is 18.0 Å². The van der Waals surface area contributed by atoms with E-state index in [0.29, 0.717) is 6.54 Å². The Hall–Kier alpha value is -0.870. The molecule has 1 aliphatic rings. The smallest absolute Gasteiger partial charge is 0.0771 e. The average Bonchev–Trinajstić information content (AvgIpc) is 2.58. The van der Waals surface area contributed by atoms with Gasteiger partial charge in [-0.3, -0.25) is 4.68 Å². The maximum absolute atomic E-state index is 9.94. The Morgan fingerprint density at radius 2 is 2.40 bits per heavy atom. The average molecular weight is 209 g/mol. The Kier molecular flexibility index (Phi) is 2.80. The van der Waals surface area contributed by atoms with Crippen molar-refractivity contribution in [1.82, 2.24) is 15.1 Å². The summed E-state index contributed by atoms with van der Waals surface area (Å²) in [5.74, 6) is 0. The fourth-order valence-electron chi connectivity index (χ4n) is 2.02. The SMILES string of the molecule is CC(NCC1(O)CCC1)c1ccnn1C. The van der Waals surface area contributed by atoms with Gasteiger partial charge in [-0.1, -0.05) is 0 Å². The van der Waals surface area contributed by atoms with Crippen molar-refractivity contribution in [1.29, 1.82) is 0 Å². The largest absolute Gasteiger partial charge is 0.389 e. The molecule has 0 spiro atoms. The highest BCUT2D eigenvalue weighted by Gasteiger charge is 2.34. The van der Waals surface area contributed by atoms with Crippen LogP contribution in [0.1, 0.15) is 37.9 Å². The quantitative estimate of drug-likeness (QED) is 0.777. The van der Waals surface area contributed by atoms with Gasteiger partial charge in [-0.15, -0.1) is 0 Å². The van der Waals surface area contributed by atoms with Crippen LogP contribution in [0.3, 0.4) is 0 Å². The van der Waals surface area contributed by atoms with E-state index in [1.165, 1.54) is 0 Å². The molecule has 0 saturated heterocycles. The molecule has 84 valence electrons. The summed E-state index contributed by atoms with van der Waals surface area (Å²) in [5, 5.41) is 17.4. The van der Waals surface area contributed by atoms with E-state index in [2.05, 4.69) is 17.3 Å². The van der Waals surface area contributed by atoms with Gasteiger partial charge in [0.25, 0.3) is 0 Å². The van der Waals surface area contributed by atoms with Crippen LogP contribution in [0.2, 0.25) is 0 Å². The maximum Gasteiger partial charge on any atom is 0.0771 e. The molecule has 1 aromatic rings. The summed E-state index contributed by atoms with van der Waals surface area (Å²) >= 11 is 0. The van der Waals surface area contributed by atoms with Crippen molar-refractivity contribution in [2.75, 3.05) is 6.54 Å². The Balaban J connectivity index is 1.87. The van der Waals surface area contributed by atoms with Crippen LogP contribution in [-0.4, -0.2) is 27.0 Å². The zero-order chi connectivity index (χ0) is 10.9. The summed E-state index contributed by atoms with van der Waals surface area (Å²) in [6.45, 7) is 2.78. The monoisotopic (exact) mass is 209 g/mol. The van der Waals surface area contributed by atoms with Crippen molar-refractivity contribution in [3.8, 4) is 0 Å². The molecular weight excluding hydrogens is 190 g/mol. The summed E-state index contributed by atoms with van der Waals surface area (Å²) in [6, 6.07) is 2.24. The van der Waals surface area contributed by atoms with Crippen molar-refractivity contribution < 1.29 is 5.11 Å². The molecule has 1 unspecified atom stereocenters. The highest BCUT2D eigenvalue weighted by Crippen LogP contribution is 2.31. The lowest BCUT2D eigenvalue weighted by atomic mass is 9.80. The molecule has 2 rings (SSSR count). The number of aliphatic hydroxyl groups is 1. The minimum Gasteiger partial charge on any atom is -0.389 e. The lowest BCUT2D eigenvalue weighted by molar-refractivity contribution is -0.0330. The third-order valence-corrected chi connectivity index (χ3v) is 3.32. The van der Waals surface area contributed by atoms with Gasteiger partial charge < -0.3 is 10.4 Å². The molecule has 0 amide bonds. The van der Waals surface area contributed by atoms with Crippen LogP contribution in [0, 0.1) is 0 Å². The van der Waals surface area contributed by atoms with Crippen molar-refractivity contribution in [2.24, 2.45) is 7.05 Å². The van der Waals surface area contributed by atoms with Crippen molar-refractivity contribution >= 4 is 0 Å². The van der Waals surface area contributed by atoms with E-state index in [4.69, 9.17) is 0 Å². The summed E-state index contributed by atoms with van der Waals surface area (Å²) in [7, 11) is 1.94. The second kappa shape index (κ2) is 3.94. The number of aromatic nitrogens is 2. The van der Waals surface area contributed by atoms with Crippen LogP contribution < -0.4 is 5.32 Å². The van der Waals surface area contributed by atoms with Crippen molar-refractivity contribution in [2.45, 2.75) is 37.8 Å². The second-order valence-corrected chi connectivity index (χ2v) is 4.56. The Bertz CT molecular complexity index is 330. The van der Waals surface area contributed by atoms with Crippen LogP contribution in [0.5, 0.6) is 0 Å². The van der Waals surface area contributed by atoms with Gasteiger partial charge in [0, 0.05) is 25.8 Å². The molecule has 1 aromatic heterocycles. The van der Waals surface area contributed by atoms with E-state index in [9.17, 15) is 5.11 Å². The number of hydrogen-bond donors (Lipinski definition) is 2. The molecule has 4 heteroatoms. The molecule has 4 nitrogen and oxygen atoms in total.